The Morgan fingerprint density at radius 1 is 1.29 bits per heavy atom. The predicted octanol–water partition coefficient (Wildman–Crippen LogP) is 3.44. The van der Waals surface area contributed by atoms with E-state index in [9.17, 15) is 9.59 Å². The number of hydrogen-bond donors (Lipinski definition) is 1. The number of carbonyl (C=O) groups excluding carboxylic acids is 2. The maximum Gasteiger partial charge on any atom is 0.277 e. The van der Waals surface area contributed by atoms with Gasteiger partial charge in [-0.2, -0.15) is 5.10 Å². The lowest BCUT2D eigenvalue weighted by atomic mass is 9.76. The van der Waals surface area contributed by atoms with Crippen molar-refractivity contribution in [1.82, 2.24) is 5.43 Å². The number of amides is 1. The molecule has 0 atom stereocenters. The molecule has 0 aromatic heterocycles. The molecule has 5 nitrogen and oxygen atoms in total. The van der Waals surface area contributed by atoms with Gasteiger partial charge in [0.2, 0.25) is 0 Å². The number of hydrazone groups is 1. The summed E-state index contributed by atoms with van der Waals surface area (Å²) in [7, 11) is 0. The lowest BCUT2D eigenvalue weighted by Crippen LogP contribution is -2.32. The zero-order valence-electron chi connectivity index (χ0n) is 14.9. The van der Waals surface area contributed by atoms with Gasteiger partial charge in [0.1, 0.15) is 11.5 Å². The van der Waals surface area contributed by atoms with Gasteiger partial charge in [-0.1, -0.05) is 45.9 Å². The number of para-hydroxylation sites is 1. The molecule has 0 saturated heterocycles. The van der Waals surface area contributed by atoms with Crippen LogP contribution in [0.5, 0.6) is 5.75 Å². The van der Waals surface area contributed by atoms with Crippen LogP contribution in [0, 0.1) is 5.41 Å². The Hall–Kier alpha value is -2.17. The van der Waals surface area contributed by atoms with E-state index in [1.807, 2.05) is 38.1 Å². The molecule has 130 valence electrons. The summed E-state index contributed by atoms with van der Waals surface area (Å²) in [4.78, 5) is 23.7. The summed E-state index contributed by atoms with van der Waals surface area (Å²) in [6.45, 7) is 8.13. The summed E-state index contributed by atoms with van der Waals surface area (Å²) in [6, 6.07) is 7.69. The third kappa shape index (κ3) is 5.18. The molecule has 0 heterocycles. The molecule has 24 heavy (non-hydrogen) atoms. The molecule has 1 fully saturated rings. The fourth-order valence-corrected chi connectivity index (χ4v) is 2.99. The van der Waals surface area contributed by atoms with Crippen molar-refractivity contribution in [1.29, 1.82) is 0 Å². The molecule has 0 spiro atoms. The first-order valence-corrected chi connectivity index (χ1v) is 8.34. The van der Waals surface area contributed by atoms with Gasteiger partial charge in [-0.05, 0) is 29.4 Å². The SMILES string of the molecule is CC(C)c1ccccc1OCC(=O)N/N=C1/CC(=O)CC(C)(C)C1. The van der Waals surface area contributed by atoms with E-state index in [4.69, 9.17) is 4.74 Å². The molecule has 2 rings (SSSR count). The van der Waals surface area contributed by atoms with E-state index >= 15 is 0 Å². The van der Waals surface area contributed by atoms with Crippen LogP contribution in [0.25, 0.3) is 0 Å². The van der Waals surface area contributed by atoms with Gasteiger partial charge in [-0.15, -0.1) is 0 Å². The Kier molecular flexibility index (Phi) is 5.75. The lowest BCUT2D eigenvalue weighted by molar-refractivity contribution is -0.123. The van der Waals surface area contributed by atoms with E-state index in [-0.39, 0.29) is 23.7 Å². The number of ether oxygens (including phenoxy) is 1. The summed E-state index contributed by atoms with van der Waals surface area (Å²) in [6.07, 6.45) is 1.60. The number of carbonyl (C=O) groups is 2. The van der Waals surface area contributed by atoms with Gasteiger partial charge < -0.3 is 4.74 Å². The van der Waals surface area contributed by atoms with E-state index in [1.54, 1.807) is 0 Å². The quantitative estimate of drug-likeness (QED) is 0.841. The minimum atomic E-state index is -0.322. The lowest BCUT2D eigenvalue weighted by Gasteiger charge is -2.28. The number of benzene rings is 1. The molecule has 1 saturated carbocycles. The molecule has 1 aliphatic carbocycles. The maximum atomic E-state index is 12.0. The topological polar surface area (TPSA) is 67.8 Å². The monoisotopic (exact) mass is 330 g/mol. The highest BCUT2D eigenvalue weighted by atomic mass is 16.5. The predicted molar refractivity (Wildman–Crippen MR) is 94.2 cm³/mol. The Balaban J connectivity index is 1.90. The van der Waals surface area contributed by atoms with Gasteiger partial charge in [-0.25, -0.2) is 5.43 Å². The maximum absolute atomic E-state index is 12.0. The molecular weight excluding hydrogens is 304 g/mol. The van der Waals surface area contributed by atoms with Gasteiger partial charge in [-0.3, -0.25) is 9.59 Å². The zero-order chi connectivity index (χ0) is 17.7. The van der Waals surface area contributed by atoms with Gasteiger partial charge in [0.05, 0.1) is 0 Å². The second-order valence-corrected chi connectivity index (χ2v) is 7.43. The van der Waals surface area contributed by atoms with Crippen LogP contribution < -0.4 is 10.2 Å². The molecule has 0 bridgehead atoms. The smallest absolute Gasteiger partial charge is 0.277 e. The molecule has 5 heteroatoms. The van der Waals surface area contributed by atoms with Crippen LogP contribution in [0.1, 0.15) is 58.4 Å². The summed E-state index contributed by atoms with van der Waals surface area (Å²) < 4.78 is 5.61. The number of Topliss-reactive ketones (excluding diaryl/α,β-unsaturated/α-hetero) is 1. The molecule has 0 aliphatic heterocycles. The van der Waals surface area contributed by atoms with E-state index in [2.05, 4.69) is 24.4 Å². The Labute approximate surface area is 143 Å². The number of hydrogen-bond acceptors (Lipinski definition) is 4. The second-order valence-electron chi connectivity index (χ2n) is 7.43. The van der Waals surface area contributed by atoms with Gasteiger partial charge in [0.25, 0.3) is 5.91 Å². The highest BCUT2D eigenvalue weighted by molar-refractivity contribution is 6.05. The fraction of sp³-hybridized carbons (Fsp3) is 0.526. The Morgan fingerprint density at radius 3 is 2.67 bits per heavy atom. The normalized spacial score (nSPS) is 18.7. The van der Waals surface area contributed by atoms with Crippen molar-refractivity contribution < 1.29 is 14.3 Å². The standard InChI is InChI=1S/C19H26N2O3/c1-13(2)16-7-5-6-8-17(16)24-12-18(23)21-20-14-9-15(22)11-19(3,4)10-14/h5-8,13H,9-12H2,1-4H3,(H,21,23)/b20-14-. The van der Waals surface area contributed by atoms with Crippen molar-refractivity contribution in [2.75, 3.05) is 6.61 Å². The van der Waals surface area contributed by atoms with E-state index in [0.29, 0.717) is 24.5 Å². The minimum Gasteiger partial charge on any atom is -0.483 e. The number of nitrogens with one attached hydrogen (secondary N) is 1. The number of rotatable bonds is 5. The minimum absolute atomic E-state index is 0.0917. The highest BCUT2D eigenvalue weighted by Gasteiger charge is 2.30. The average molecular weight is 330 g/mol. The first-order valence-electron chi connectivity index (χ1n) is 8.34. The van der Waals surface area contributed by atoms with Gasteiger partial charge in [0, 0.05) is 18.6 Å². The molecule has 0 radical (unpaired) electrons. The molecule has 0 unspecified atom stereocenters. The van der Waals surface area contributed by atoms with Crippen LogP contribution in [-0.2, 0) is 9.59 Å². The van der Waals surface area contributed by atoms with Gasteiger partial charge >= 0.3 is 0 Å². The van der Waals surface area contributed by atoms with Crippen LogP contribution >= 0.6 is 0 Å². The largest absolute Gasteiger partial charge is 0.483 e. The number of ketones is 1. The summed E-state index contributed by atoms with van der Waals surface area (Å²) in [5, 5.41) is 4.12. The van der Waals surface area contributed by atoms with Crippen LogP contribution in [0.3, 0.4) is 0 Å². The summed E-state index contributed by atoms with van der Waals surface area (Å²) in [5.41, 5.74) is 4.20. The van der Waals surface area contributed by atoms with Crippen molar-refractivity contribution in [2.24, 2.45) is 10.5 Å². The van der Waals surface area contributed by atoms with Gasteiger partial charge in [0.15, 0.2) is 6.61 Å². The van der Waals surface area contributed by atoms with Crippen LogP contribution in [0.15, 0.2) is 29.4 Å². The first-order chi connectivity index (χ1) is 11.3. The molecule has 1 amide bonds. The molecule has 1 aliphatic rings. The third-order valence-electron chi connectivity index (χ3n) is 4.00. The first kappa shape index (κ1) is 18.2. The van der Waals surface area contributed by atoms with Crippen LogP contribution in [0.4, 0.5) is 0 Å². The fourth-order valence-electron chi connectivity index (χ4n) is 2.99. The van der Waals surface area contributed by atoms with Crippen molar-refractivity contribution in [3.05, 3.63) is 29.8 Å². The van der Waals surface area contributed by atoms with E-state index < -0.39 is 0 Å². The molecule has 1 aromatic carbocycles. The van der Waals surface area contributed by atoms with Crippen molar-refractivity contribution in [2.45, 2.75) is 52.9 Å². The Morgan fingerprint density at radius 2 is 2.00 bits per heavy atom. The summed E-state index contributed by atoms with van der Waals surface area (Å²) in [5.74, 6) is 0.877. The number of nitrogens with zero attached hydrogens (tertiary/aromatic N) is 1. The third-order valence-corrected chi connectivity index (χ3v) is 4.00. The molecule has 1 aromatic rings. The van der Waals surface area contributed by atoms with Crippen molar-refractivity contribution in [3.8, 4) is 5.75 Å². The zero-order valence-corrected chi connectivity index (χ0v) is 14.9. The van der Waals surface area contributed by atoms with Crippen molar-refractivity contribution in [3.63, 3.8) is 0 Å². The van der Waals surface area contributed by atoms with Crippen LogP contribution in [0.2, 0.25) is 0 Å². The highest BCUT2D eigenvalue weighted by Crippen LogP contribution is 2.31. The average Bonchev–Trinajstić information content (AvgIpc) is 2.49. The second kappa shape index (κ2) is 7.60. The van der Waals surface area contributed by atoms with Crippen molar-refractivity contribution >= 4 is 17.4 Å². The van der Waals surface area contributed by atoms with Crippen LogP contribution in [-0.4, -0.2) is 24.0 Å². The summed E-state index contributed by atoms with van der Waals surface area (Å²) >= 11 is 0. The van der Waals surface area contributed by atoms with E-state index in [0.717, 1.165) is 17.7 Å². The van der Waals surface area contributed by atoms with E-state index in [1.165, 1.54) is 0 Å². The molecule has 1 N–H and O–H groups in total. The Bertz CT molecular complexity index is 648. The molecular formula is C19H26N2O3.